The van der Waals surface area contributed by atoms with Gasteiger partial charge in [0, 0.05) is 17.2 Å². The van der Waals surface area contributed by atoms with Gasteiger partial charge in [0.15, 0.2) is 0 Å². The van der Waals surface area contributed by atoms with Crippen molar-refractivity contribution < 1.29 is 4.21 Å². The average Bonchev–Trinajstić information content (AvgIpc) is 2.65. The zero-order valence-corrected chi connectivity index (χ0v) is 14.3. The maximum absolute atomic E-state index is 12.7. The molecular weight excluding hydrogens is 330 g/mol. The second kappa shape index (κ2) is 5.49. The summed E-state index contributed by atoms with van der Waals surface area (Å²) in [4.78, 5) is 33.1. The Morgan fingerprint density at radius 2 is 1.75 bits per heavy atom. The lowest BCUT2D eigenvalue weighted by Crippen LogP contribution is -2.30. The lowest BCUT2D eigenvalue weighted by atomic mass is 10.2. The summed E-state index contributed by atoms with van der Waals surface area (Å²) in [7, 11) is -2.27. The fourth-order valence-corrected chi connectivity index (χ4v) is 3.97. The smallest absolute Gasteiger partial charge is 0.268 e. The molecule has 0 unspecified atom stereocenters. The zero-order valence-electron chi connectivity index (χ0n) is 13.5. The Hall–Kier alpha value is -2.60. The minimum Gasteiger partial charge on any atom is -0.268 e. The van der Waals surface area contributed by atoms with Gasteiger partial charge in [-0.2, -0.15) is 4.57 Å². The second-order valence-electron chi connectivity index (χ2n) is 5.87. The van der Waals surface area contributed by atoms with Gasteiger partial charge in [0.1, 0.15) is 5.82 Å². The van der Waals surface area contributed by atoms with E-state index in [0.717, 1.165) is 4.57 Å². The molecule has 9 heteroatoms. The van der Waals surface area contributed by atoms with Crippen molar-refractivity contribution in [1.29, 1.82) is 0 Å². The third-order valence-corrected chi connectivity index (χ3v) is 6.00. The van der Waals surface area contributed by atoms with E-state index < -0.39 is 20.9 Å². The summed E-state index contributed by atoms with van der Waals surface area (Å²) in [5.74, 6) is 4.45. The highest BCUT2D eigenvalue weighted by atomic mass is 32.2. The van der Waals surface area contributed by atoms with E-state index in [1.54, 1.807) is 19.9 Å². The Morgan fingerprint density at radius 3 is 2.25 bits per heavy atom. The van der Waals surface area contributed by atoms with Crippen molar-refractivity contribution in [3.8, 4) is 5.82 Å². The van der Waals surface area contributed by atoms with Crippen LogP contribution in [0.4, 0.5) is 5.69 Å². The summed E-state index contributed by atoms with van der Waals surface area (Å²) < 4.78 is 15.8. The lowest BCUT2D eigenvalue weighted by molar-refractivity contribution is 0.480. The summed E-state index contributed by atoms with van der Waals surface area (Å²) in [5.41, 5.74) is 0.407. The van der Waals surface area contributed by atoms with Crippen LogP contribution in [0.15, 0.2) is 15.7 Å². The van der Waals surface area contributed by atoms with E-state index in [1.807, 2.05) is 0 Å². The van der Waals surface area contributed by atoms with Crippen molar-refractivity contribution in [1.82, 2.24) is 18.9 Å². The highest BCUT2D eigenvalue weighted by Crippen LogP contribution is 2.21. The number of nitrogens with zero attached hydrogens (tertiary/aromatic N) is 5. The number of aryl methyl sites for hydroxylation is 2. The van der Waals surface area contributed by atoms with Crippen molar-refractivity contribution in [2.75, 3.05) is 11.5 Å². The van der Waals surface area contributed by atoms with Crippen LogP contribution in [0.25, 0.3) is 10.7 Å². The number of fused-ring (bicyclic) bond motifs is 1. The molecule has 0 bridgehead atoms. The fourth-order valence-electron chi connectivity index (χ4n) is 2.76. The van der Waals surface area contributed by atoms with E-state index in [4.69, 9.17) is 6.57 Å². The van der Waals surface area contributed by atoms with Gasteiger partial charge in [0.05, 0.1) is 19.7 Å². The third kappa shape index (κ3) is 2.49. The summed E-state index contributed by atoms with van der Waals surface area (Å²) >= 11 is 0. The summed E-state index contributed by atoms with van der Waals surface area (Å²) in [6.45, 7) is 10.9. The van der Waals surface area contributed by atoms with Gasteiger partial charge in [-0.1, -0.05) is 0 Å². The number of rotatable bonds is 1. The predicted molar refractivity (Wildman–Crippen MR) is 92.8 cm³/mol. The molecule has 8 nitrogen and oxygen atoms in total. The highest BCUT2D eigenvalue weighted by molar-refractivity contribution is 8.00. The van der Waals surface area contributed by atoms with Crippen molar-refractivity contribution in [2.45, 2.75) is 26.9 Å². The standard InChI is InChI=1S/C15H17N5O3S/c1-10-9-12(16-3)11(2)17-13(10)20-14(21)18-5-7-24(4,23)8-6-19(18)15(20)22/h9H,4-8H2,1-2H3. The van der Waals surface area contributed by atoms with Gasteiger partial charge in [-0.15, -0.1) is 0 Å². The number of hydrogen-bond donors (Lipinski definition) is 0. The van der Waals surface area contributed by atoms with Crippen LogP contribution in [-0.4, -0.2) is 40.5 Å². The molecule has 0 atom stereocenters. The largest absolute Gasteiger partial charge is 0.353 e. The van der Waals surface area contributed by atoms with Gasteiger partial charge in [-0.3, -0.25) is 4.21 Å². The molecule has 2 aromatic heterocycles. The molecule has 0 aliphatic carbocycles. The SMILES string of the molecule is [C-]#[N+]c1cc(C)c(-n2c(=O)n3n(c2=O)CCS(=C)(=O)CC3)nc1C. The maximum atomic E-state index is 12.7. The van der Waals surface area contributed by atoms with E-state index >= 15 is 0 Å². The number of pyridine rings is 1. The molecule has 3 heterocycles. The molecule has 0 radical (unpaired) electrons. The van der Waals surface area contributed by atoms with Gasteiger partial charge < -0.3 is 0 Å². The molecule has 0 spiro atoms. The molecule has 0 saturated heterocycles. The molecule has 1 aliphatic rings. The topological polar surface area (TPSA) is 83.2 Å². The molecule has 0 fully saturated rings. The van der Waals surface area contributed by atoms with Crippen LogP contribution in [0.5, 0.6) is 0 Å². The molecule has 0 N–H and O–H groups in total. The molecule has 0 saturated carbocycles. The van der Waals surface area contributed by atoms with Crippen LogP contribution in [0.3, 0.4) is 0 Å². The summed E-state index contributed by atoms with van der Waals surface area (Å²) in [6.07, 6.45) is 0. The third-order valence-electron chi connectivity index (χ3n) is 4.15. The molecule has 0 amide bonds. The molecule has 1 aliphatic heterocycles. The fraction of sp³-hybridized carbons (Fsp3) is 0.400. The van der Waals surface area contributed by atoms with Crippen LogP contribution in [0.1, 0.15) is 11.3 Å². The first kappa shape index (κ1) is 16.3. The Bertz CT molecular complexity index is 1050. The minimum absolute atomic E-state index is 0.182. The molecule has 126 valence electrons. The molecule has 2 aromatic rings. The van der Waals surface area contributed by atoms with Gasteiger partial charge in [-0.25, -0.2) is 28.8 Å². The first-order valence-corrected chi connectivity index (χ1v) is 9.43. The molecular formula is C15H17N5O3S. The van der Waals surface area contributed by atoms with Crippen molar-refractivity contribution in [3.05, 3.63) is 49.7 Å². The highest BCUT2D eigenvalue weighted by Gasteiger charge is 2.23. The summed E-state index contributed by atoms with van der Waals surface area (Å²) in [5, 5.41) is 0. The summed E-state index contributed by atoms with van der Waals surface area (Å²) in [6, 6.07) is 1.62. The van der Waals surface area contributed by atoms with Crippen LogP contribution < -0.4 is 11.4 Å². The minimum atomic E-state index is -2.27. The van der Waals surface area contributed by atoms with Gasteiger partial charge in [0.25, 0.3) is 0 Å². The van der Waals surface area contributed by atoms with Crippen molar-refractivity contribution >= 4 is 21.1 Å². The van der Waals surface area contributed by atoms with Crippen LogP contribution in [-0.2, 0) is 22.6 Å². The molecule has 24 heavy (non-hydrogen) atoms. The zero-order chi connectivity index (χ0) is 17.6. The van der Waals surface area contributed by atoms with Crippen molar-refractivity contribution in [3.63, 3.8) is 0 Å². The van der Waals surface area contributed by atoms with Crippen molar-refractivity contribution in [2.24, 2.45) is 0 Å². The van der Waals surface area contributed by atoms with E-state index in [1.165, 1.54) is 9.36 Å². The quantitative estimate of drug-likeness (QED) is 0.541. The molecule has 3 rings (SSSR count). The van der Waals surface area contributed by atoms with E-state index in [0.29, 0.717) is 16.9 Å². The second-order valence-corrected chi connectivity index (χ2v) is 8.61. The Kier molecular flexibility index (Phi) is 3.72. The van der Waals surface area contributed by atoms with Crippen LogP contribution >= 0.6 is 0 Å². The van der Waals surface area contributed by atoms with Gasteiger partial charge >= 0.3 is 11.4 Å². The van der Waals surface area contributed by atoms with E-state index in [2.05, 4.69) is 15.7 Å². The normalized spacial score (nSPS) is 16.2. The predicted octanol–water partition coefficient (Wildman–Crippen LogP) is 0.0933. The Morgan fingerprint density at radius 1 is 1.21 bits per heavy atom. The maximum Gasteiger partial charge on any atom is 0.353 e. The monoisotopic (exact) mass is 347 g/mol. The van der Waals surface area contributed by atoms with Gasteiger partial charge in [0.2, 0.25) is 5.69 Å². The number of aromatic nitrogens is 4. The first-order chi connectivity index (χ1) is 11.2. The number of hydrogen-bond acceptors (Lipinski definition) is 4. The van der Waals surface area contributed by atoms with E-state index in [-0.39, 0.29) is 30.4 Å². The molecule has 0 aromatic carbocycles. The van der Waals surface area contributed by atoms with Crippen LogP contribution in [0.2, 0.25) is 0 Å². The lowest BCUT2D eigenvalue weighted by Gasteiger charge is -2.07. The van der Waals surface area contributed by atoms with Gasteiger partial charge in [-0.05, 0) is 40.9 Å². The van der Waals surface area contributed by atoms with E-state index in [9.17, 15) is 13.8 Å². The van der Waals surface area contributed by atoms with Crippen LogP contribution in [0, 0.1) is 20.4 Å². The first-order valence-electron chi connectivity index (χ1n) is 7.36. The Balaban J connectivity index is 2.24. The average molecular weight is 347 g/mol. The Labute approximate surface area is 138 Å².